The normalized spacial score (nSPS) is 12.7. The van der Waals surface area contributed by atoms with E-state index in [1.165, 1.54) is 12.1 Å². The summed E-state index contributed by atoms with van der Waals surface area (Å²) in [7, 11) is 0. The Labute approximate surface area is 115 Å². The Bertz CT molecular complexity index is 387. The summed E-state index contributed by atoms with van der Waals surface area (Å²) in [6.45, 7) is 3.23. The van der Waals surface area contributed by atoms with E-state index < -0.39 is 11.6 Å². The highest BCUT2D eigenvalue weighted by Gasteiger charge is 2.15. The number of nitrogens with two attached hydrogens (primary N) is 1. The first-order chi connectivity index (χ1) is 8.56. The van der Waals surface area contributed by atoms with Crippen molar-refractivity contribution in [3.63, 3.8) is 0 Å². The molecular formula is C13H18BrF2NO. The quantitative estimate of drug-likeness (QED) is 0.617. The maximum absolute atomic E-state index is 13.7. The van der Waals surface area contributed by atoms with Crippen molar-refractivity contribution >= 4 is 15.9 Å². The van der Waals surface area contributed by atoms with E-state index in [2.05, 4.69) is 15.9 Å². The van der Waals surface area contributed by atoms with Crippen molar-refractivity contribution < 1.29 is 13.5 Å². The Morgan fingerprint density at radius 3 is 2.72 bits per heavy atom. The van der Waals surface area contributed by atoms with Crippen LogP contribution in [0.1, 0.15) is 25.3 Å². The third-order valence-electron chi connectivity index (χ3n) is 2.59. The zero-order chi connectivity index (χ0) is 13.5. The van der Waals surface area contributed by atoms with Crippen molar-refractivity contribution in [1.29, 1.82) is 0 Å². The molecule has 0 radical (unpaired) electrons. The monoisotopic (exact) mass is 321 g/mol. The maximum Gasteiger partial charge on any atom is 0.143 e. The molecule has 0 aliphatic heterocycles. The number of ether oxygens (including phenoxy) is 1. The Balaban J connectivity index is 2.54. The molecule has 1 aromatic carbocycles. The zero-order valence-corrected chi connectivity index (χ0v) is 12.0. The number of hydrogen-bond donors (Lipinski definition) is 1. The lowest BCUT2D eigenvalue weighted by molar-refractivity contribution is 0.127. The molecular weight excluding hydrogens is 304 g/mol. The average Bonchev–Trinajstić information content (AvgIpc) is 2.35. The van der Waals surface area contributed by atoms with Crippen molar-refractivity contribution in [2.24, 2.45) is 5.73 Å². The topological polar surface area (TPSA) is 35.2 Å². The molecule has 0 bridgehead atoms. The van der Waals surface area contributed by atoms with Crippen LogP contribution >= 0.6 is 15.9 Å². The van der Waals surface area contributed by atoms with Crippen LogP contribution in [0.25, 0.3) is 0 Å². The summed E-state index contributed by atoms with van der Waals surface area (Å²) in [6, 6.07) is 2.28. The van der Waals surface area contributed by atoms with Crippen LogP contribution in [0.2, 0.25) is 0 Å². The highest BCUT2D eigenvalue weighted by molar-refractivity contribution is 9.10. The van der Waals surface area contributed by atoms with E-state index in [9.17, 15) is 8.78 Å². The lowest BCUT2D eigenvalue weighted by Gasteiger charge is -2.13. The van der Waals surface area contributed by atoms with Gasteiger partial charge in [0.05, 0.1) is 4.47 Å². The predicted molar refractivity (Wildman–Crippen MR) is 71.5 cm³/mol. The Morgan fingerprint density at radius 1 is 1.33 bits per heavy atom. The summed E-state index contributed by atoms with van der Waals surface area (Å²) < 4.78 is 32.7. The first kappa shape index (κ1) is 15.5. The van der Waals surface area contributed by atoms with Gasteiger partial charge in [0.25, 0.3) is 0 Å². The Kier molecular flexibility index (Phi) is 6.75. The molecule has 0 aliphatic carbocycles. The first-order valence-corrected chi connectivity index (χ1v) is 6.81. The average molecular weight is 322 g/mol. The zero-order valence-electron chi connectivity index (χ0n) is 10.4. The van der Waals surface area contributed by atoms with Gasteiger partial charge in [-0.1, -0.05) is 6.92 Å². The highest BCUT2D eigenvalue weighted by atomic mass is 79.9. The van der Waals surface area contributed by atoms with Crippen molar-refractivity contribution in [3.05, 3.63) is 33.8 Å². The second-order valence-electron chi connectivity index (χ2n) is 4.19. The van der Waals surface area contributed by atoms with Gasteiger partial charge < -0.3 is 10.5 Å². The van der Waals surface area contributed by atoms with Crippen molar-refractivity contribution in [3.8, 4) is 0 Å². The molecule has 2 nitrogen and oxygen atoms in total. The van der Waals surface area contributed by atoms with Gasteiger partial charge in [-0.05, 0) is 47.3 Å². The first-order valence-electron chi connectivity index (χ1n) is 6.02. The predicted octanol–water partition coefficient (Wildman–Crippen LogP) is 3.41. The summed E-state index contributed by atoms with van der Waals surface area (Å²) >= 11 is 3.04. The summed E-state index contributed by atoms with van der Waals surface area (Å²) in [4.78, 5) is 0. The fraction of sp³-hybridized carbons (Fsp3) is 0.538. The Hall–Kier alpha value is -0.520. The molecule has 0 aliphatic rings. The van der Waals surface area contributed by atoms with Crippen LogP contribution in [-0.2, 0) is 11.2 Å². The molecule has 18 heavy (non-hydrogen) atoms. The highest BCUT2D eigenvalue weighted by Crippen LogP contribution is 2.22. The number of halogens is 3. The number of benzene rings is 1. The van der Waals surface area contributed by atoms with Crippen LogP contribution in [0.4, 0.5) is 8.78 Å². The van der Waals surface area contributed by atoms with Gasteiger partial charge in [-0.25, -0.2) is 8.78 Å². The van der Waals surface area contributed by atoms with E-state index >= 15 is 0 Å². The summed E-state index contributed by atoms with van der Waals surface area (Å²) in [6.07, 6.45) is 1.71. The lowest BCUT2D eigenvalue weighted by Crippen LogP contribution is -2.26. The molecule has 0 heterocycles. The summed E-state index contributed by atoms with van der Waals surface area (Å²) in [5.74, 6) is -1.12. The van der Waals surface area contributed by atoms with E-state index in [4.69, 9.17) is 10.5 Å². The van der Waals surface area contributed by atoms with Crippen LogP contribution in [0.15, 0.2) is 16.6 Å². The van der Waals surface area contributed by atoms with E-state index in [-0.39, 0.29) is 22.5 Å². The fourth-order valence-corrected chi connectivity index (χ4v) is 1.97. The fourth-order valence-electron chi connectivity index (χ4n) is 1.60. The summed E-state index contributed by atoms with van der Waals surface area (Å²) in [5, 5.41) is 0. The molecule has 5 heteroatoms. The minimum absolute atomic E-state index is 0.0346. The second-order valence-corrected chi connectivity index (χ2v) is 5.04. The smallest absolute Gasteiger partial charge is 0.143 e. The van der Waals surface area contributed by atoms with Gasteiger partial charge in [-0.15, -0.1) is 0 Å². The van der Waals surface area contributed by atoms with Gasteiger partial charge in [0.15, 0.2) is 0 Å². The maximum atomic E-state index is 13.7. The van der Waals surface area contributed by atoms with E-state index in [0.29, 0.717) is 19.6 Å². The van der Waals surface area contributed by atoms with E-state index in [1.807, 2.05) is 6.92 Å². The Morgan fingerprint density at radius 2 is 2.06 bits per heavy atom. The van der Waals surface area contributed by atoms with Crippen molar-refractivity contribution in [2.45, 2.75) is 32.2 Å². The second kappa shape index (κ2) is 7.81. The molecule has 1 aromatic rings. The number of hydrogen-bond acceptors (Lipinski definition) is 2. The largest absolute Gasteiger partial charge is 0.381 e. The molecule has 102 valence electrons. The lowest BCUT2D eigenvalue weighted by atomic mass is 10.0. The van der Waals surface area contributed by atoms with Crippen LogP contribution < -0.4 is 5.73 Å². The molecule has 0 fully saturated rings. The molecule has 2 N–H and O–H groups in total. The van der Waals surface area contributed by atoms with Crippen molar-refractivity contribution in [1.82, 2.24) is 0 Å². The van der Waals surface area contributed by atoms with Crippen LogP contribution in [0.5, 0.6) is 0 Å². The summed E-state index contributed by atoms with van der Waals surface area (Å²) in [5.41, 5.74) is 5.88. The van der Waals surface area contributed by atoms with Gasteiger partial charge in [-0.3, -0.25) is 0 Å². The molecule has 0 amide bonds. The molecule has 0 saturated carbocycles. The molecule has 1 rings (SSSR count). The molecule has 0 aromatic heterocycles. The molecule has 1 unspecified atom stereocenters. The van der Waals surface area contributed by atoms with Crippen LogP contribution in [-0.4, -0.2) is 19.3 Å². The SMILES string of the molecule is CCCOCCC(N)Cc1c(F)ccc(Br)c1F. The van der Waals surface area contributed by atoms with E-state index in [0.717, 1.165) is 6.42 Å². The molecule has 0 spiro atoms. The van der Waals surface area contributed by atoms with Gasteiger partial charge in [0, 0.05) is 24.8 Å². The van der Waals surface area contributed by atoms with Gasteiger partial charge in [0.1, 0.15) is 11.6 Å². The van der Waals surface area contributed by atoms with Crippen molar-refractivity contribution in [2.75, 3.05) is 13.2 Å². The number of rotatable bonds is 7. The third kappa shape index (κ3) is 4.63. The van der Waals surface area contributed by atoms with Gasteiger partial charge in [-0.2, -0.15) is 0 Å². The third-order valence-corrected chi connectivity index (χ3v) is 3.20. The van der Waals surface area contributed by atoms with E-state index in [1.54, 1.807) is 0 Å². The standard InChI is InChI=1S/C13H18BrF2NO/c1-2-6-18-7-5-9(17)8-10-12(15)4-3-11(14)13(10)16/h3-4,9H,2,5-8,17H2,1H3. The minimum Gasteiger partial charge on any atom is -0.381 e. The minimum atomic E-state index is -0.570. The van der Waals surface area contributed by atoms with Crippen LogP contribution in [0.3, 0.4) is 0 Å². The molecule has 1 atom stereocenters. The van der Waals surface area contributed by atoms with Gasteiger partial charge >= 0.3 is 0 Å². The van der Waals surface area contributed by atoms with Crippen LogP contribution in [0, 0.1) is 11.6 Å². The molecule has 0 saturated heterocycles. The van der Waals surface area contributed by atoms with Gasteiger partial charge in [0.2, 0.25) is 0 Å².